The van der Waals surface area contributed by atoms with E-state index < -0.39 is 0 Å². The zero-order valence-electron chi connectivity index (χ0n) is 10.5. The summed E-state index contributed by atoms with van der Waals surface area (Å²) in [5, 5.41) is 3.43. The lowest BCUT2D eigenvalue weighted by atomic mass is 10.0. The Labute approximate surface area is 129 Å². The fraction of sp³-hybridized carbons (Fsp3) is 0.200. The second-order valence-corrected chi connectivity index (χ2v) is 6.05. The van der Waals surface area contributed by atoms with Crippen molar-refractivity contribution in [3.63, 3.8) is 0 Å². The van der Waals surface area contributed by atoms with Crippen LogP contribution in [0.3, 0.4) is 0 Å². The van der Waals surface area contributed by atoms with E-state index in [0.717, 1.165) is 21.1 Å². The minimum Gasteiger partial charge on any atom is -0.377 e. The Morgan fingerprint density at radius 2 is 1.95 bits per heavy atom. The number of rotatable bonds is 4. The number of anilines is 1. The monoisotopic (exact) mass is 385 g/mol. The van der Waals surface area contributed by atoms with Crippen molar-refractivity contribution in [1.82, 2.24) is 0 Å². The van der Waals surface area contributed by atoms with Crippen molar-refractivity contribution in [3.05, 3.63) is 62.8 Å². The van der Waals surface area contributed by atoms with Crippen LogP contribution in [0.5, 0.6) is 0 Å². The molecule has 1 nitrogen and oxygen atoms in total. The van der Waals surface area contributed by atoms with E-state index in [1.54, 1.807) is 6.07 Å². The molecule has 0 aliphatic rings. The molecule has 0 radical (unpaired) electrons. The zero-order chi connectivity index (χ0) is 13.8. The summed E-state index contributed by atoms with van der Waals surface area (Å²) < 4.78 is 14.9. The molecule has 0 amide bonds. The van der Waals surface area contributed by atoms with Crippen molar-refractivity contribution >= 4 is 37.5 Å². The topological polar surface area (TPSA) is 12.0 Å². The van der Waals surface area contributed by atoms with Gasteiger partial charge in [-0.15, -0.1) is 0 Å². The molecule has 4 heteroatoms. The van der Waals surface area contributed by atoms with Crippen LogP contribution in [0.2, 0.25) is 0 Å². The molecule has 0 saturated carbocycles. The first-order valence-electron chi connectivity index (χ1n) is 6.07. The lowest BCUT2D eigenvalue weighted by Crippen LogP contribution is -2.10. The van der Waals surface area contributed by atoms with E-state index in [2.05, 4.69) is 56.2 Å². The summed E-state index contributed by atoms with van der Waals surface area (Å²) in [6.45, 7) is 2.12. The molecule has 1 atom stereocenters. The van der Waals surface area contributed by atoms with Crippen LogP contribution in [0, 0.1) is 5.82 Å². The molecular formula is C15H14Br2FN. The first-order chi connectivity index (χ1) is 9.10. The van der Waals surface area contributed by atoms with Crippen molar-refractivity contribution in [3.8, 4) is 0 Å². The van der Waals surface area contributed by atoms with Crippen LogP contribution in [0.4, 0.5) is 10.1 Å². The third-order valence-electron chi connectivity index (χ3n) is 2.92. The van der Waals surface area contributed by atoms with Crippen molar-refractivity contribution in [2.24, 2.45) is 0 Å². The van der Waals surface area contributed by atoms with E-state index in [1.807, 2.05) is 12.1 Å². The second-order valence-electron chi connectivity index (χ2n) is 4.28. The number of hydrogen-bond donors (Lipinski definition) is 1. The maximum absolute atomic E-state index is 13.1. The Kier molecular flexibility index (Phi) is 4.99. The van der Waals surface area contributed by atoms with Crippen LogP contribution in [-0.4, -0.2) is 0 Å². The molecule has 19 heavy (non-hydrogen) atoms. The fourth-order valence-corrected chi connectivity index (χ4v) is 2.82. The molecule has 0 aliphatic carbocycles. The molecule has 0 aliphatic heterocycles. The van der Waals surface area contributed by atoms with Gasteiger partial charge in [0.05, 0.1) is 6.04 Å². The molecule has 2 rings (SSSR count). The highest BCUT2D eigenvalue weighted by Crippen LogP contribution is 2.29. The smallest absolute Gasteiger partial charge is 0.124 e. The summed E-state index contributed by atoms with van der Waals surface area (Å²) in [6.07, 6.45) is 0.945. The van der Waals surface area contributed by atoms with Crippen LogP contribution < -0.4 is 5.32 Å². The van der Waals surface area contributed by atoms with Gasteiger partial charge in [-0.25, -0.2) is 4.39 Å². The van der Waals surface area contributed by atoms with Gasteiger partial charge in [-0.2, -0.15) is 0 Å². The average molecular weight is 387 g/mol. The first kappa shape index (κ1) is 14.5. The largest absolute Gasteiger partial charge is 0.377 e. The van der Waals surface area contributed by atoms with Gasteiger partial charge in [0.25, 0.3) is 0 Å². The van der Waals surface area contributed by atoms with E-state index in [-0.39, 0.29) is 11.9 Å². The highest BCUT2D eigenvalue weighted by molar-refractivity contribution is 9.10. The molecule has 0 bridgehead atoms. The third kappa shape index (κ3) is 3.80. The van der Waals surface area contributed by atoms with Crippen LogP contribution in [0.1, 0.15) is 24.9 Å². The summed E-state index contributed by atoms with van der Waals surface area (Å²) in [7, 11) is 0. The van der Waals surface area contributed by atoms with Crippen molar-refractivity contribution in [1.29, 1.82) is 0 Å². The molecule has 2 aromatic rings. The van der Waals surface area contributed by atoms with Gasteiger partial charge in [0.1, 0.15) is 5.82 Å². The predicted molar refractivity (Wildman–Crippen MR) is 84.9 cm³/mol. The van der Waals surface area contributed by atoms with Crippen LogP contribution >= 0.6 is 31.9 Å². The summed E-state index contributed by atoms with van der Waals surface area (Å²) >= 11 is 6.86. The molecule has 0 saturated heterocycles. The number of halogens is 3. The van der Waals surface area contributed by atoms with Gasteiger partial charge in [-0.1, -0.05) is 35.0 Å². The van der Waals surface area contributed by atoms with Gasteiger partial charge in [0.2, 0.25) is 0 Å². The Morgan fingerprint density at radius 1 is 1.16 bits per heavy atom. The second kappa shape index (κ2) is 6.53. The molecule has 0 heterocycles. The number of hydrogen-bond acceptors (Lipinski definition) is 1. The SMILES string of the molecule is CCC(Nc1ccc(F)cc1Br)c1cccc(Br)c1. The summed E-state index contributed by atoms with van der Waals surface area (Å²) in [5.41, 5.74) is 2.10. The Hall–Kier alpha value is -0.870. The van der Waals surface area contributed by atoms with Gasteiger partial charge in [0.15, 0.2) is 0 Å². The van der Waals surface area contributed by atoms with Crippen molar-refractivity contribution < 1.29 is 4.39 Å². The van der Waals surface area contributed by atoms with E-state index in [1.165, 1.54) is 17.7 Å². The van der Waals surface area contributed by atoms with Crippen LogP contribution in [-0.2, 0) is 0 Å². The van der Waals surface area contributed by atoms with Gasteiger partial charge >= 0.3 is 0 Å². The lowest BCUT2D eigenvalue weighted by Gasteiger charge is -2.20. The normalized spacial score (nSPS) is 12.2. The number of benzene rings is 2. The van der Waals surface area contributed by atoms with Crippen molar-refractivity contribution in [2.75, 3.05) is 5.32 Å². The van der Waals surface area contributed by atoms with Gasteiger partial charge < -0.3 is 5.32 Å². The molecule has 0 spiro atoms. The van der Waals surface area contributed by atoms with Gasteiger partial charge in [-0.05, 0) is 58.2 Å². The highest BCUT2D eigenvalue weighted by Gasteiger charge is 2.11. The minimum absolute atomic E-state index is 0.194. The zero-order valence-corrected chi connectivity index (χ0v) is 13.6. The molecule has 2 aromatic carbocycles. The molecule has 1 N–H and O–H groups in total. The molecule has 100 valence electrons. The summed E-state index contributed by atoms with van der Waals surface area (Å²) in [5.74, 6) is -0.243. The molecule has 0 fully saturated rings. The van der Waals surface area contributed by atoms with Crippen LogP contribution in [0.25, 0.3) is 0 Å². The van der Waals surface area contributed by atoms with E-state index >= 15 is 0 Å². The Bertz CT molecular complexity index is 572. The van der Waals surface area contributed by atoms with E-state index in [4.69, 9.17) is 0 Å². The molecular weight excluding hydrogens is 373 g/mol. The van der Waals surface area contributed by atoms with Gasteiger partial charge in [0, 0.05) is 14.6 Å². The quantitative estimate of drug-likeness (QED) is 0.688. The third-order valence-corrected chi connectivity index (χ3v) is 4.07. The first-order valence-corrected chi connectivity index (χ1v) is 7.66. The van der Waals surface area contributed by atoms with Crippen LogP contribution in [0.15, 0.2) is 51.4 Å². The lowest BCUT2D eigenvalue weighted by molar-refractivity contribution is 0.627. The fourth-order valence-electron chi connectivity index (χ4n) is 1.94. The summed E-state index contributed by atoms with van der Waals surface area (Å²) in [4.78, 5) is 0. The Balaban J connectivity index is 2.24. The highest BCUT2D eigenvalue weighted by atomic mass is 79.9. The maximum atomic E-state index is 13.1. The standard InChI is InChI=1S/C15H14Br2FN/c1-2-14(10-4-3-5-11(16)8-10)19-15-7-6-12(18)9-13(15)17/h3-9,14,19H,2H2,1H3. The minimum atomic E-state index is -0.243. The Morgan fingerprint density at radius 3 is 2.58 bits per heavy atom. The van der Waals surface area contributed by atoms with Crippen molar-refractivity contribution in [2.45, 2.75) is 19.4 Å². The number of nitrogens with one attached hydrogen (secondary N) is 1. The van der Waals surface area contributed by atoms with E-state index in [9.17, 15) is 4.39 Å². The average Bonchev–Trinajstić information content (AvgIpc) is 2.38. The van der Waals surface area contributed by atoms with Gasteiger partial charge in [-0.3, -0.25) is 0 Å². The summed E-state index contributed by atoms with van der Waals surface area (Å²) in [6, 6.07) is 13.1. The predicted octanol–water partition coefficient (Wildman–Crippen LogP) is 5.91. The molecule has 0 aromatic heterocycles. The maximum Gasteiger partial charge on any atom is 0.124 e. The van der Waals surface area contributed by atoms with E-state index in [0.29, 0.717) is 0 Å². The molecule has 1 unspecified atom stereocenters.